The van der Waals surface area contributed by atoms with Crippen molar-refractivity contribution in [1.82, 2.24) is 14.7 Å². The number of para-hydroxylation sites is 2. The van der Waals surface area contributed by atoms with Crippen LogP contribution in [0.15, 0.2) is 36.5 Å². The Morgan fingerprint density at radius 3 is 2.61 bits per heavy atom. The van der Waals surface area contributed by atoms with Crippen LogP contribution in [0.2, 0.25) is 0 Å². The summed E-state index contributed by atoms with van der Waals surface area (Å²) in [6.45, 7) is 3.33. The fraction of sp³-hybridized carbons (Fsp3) is 0.421. The summed E-state index contributed by atoms with van der Waals surface area (Å²) in [5, 5.41) is 10.0. The molecule has 3 rings (SSSR count). The van der Waals surface area contributed by atoms with E-state index < -0.39 is 0 Å². The molecule has 0 saturated carbocycles. The molecule has 9 nitrogen and oxygen atoms in total. The summed E-state index contributed by atoms with van der Waals surface area (Å²) >= 11 is 0. The van der Waals surface area contributed by atoms with Crippen LogP contribution in [0.5, 0.6) is 5.75 Å². The molecule has 0 spiro atoms. The van der Waals surface area contributed by atoms with Gasteiger partial charge in [-0.15, -0.1) is 0 Å². The molecule has 0 unspecified atom stereocenters. The molecule has 4 N–H and O–H groups in total. The highest BCUT2D eigenvalue weighted by atomic mass is 16.5. The second kappa shape index (κ2) is 8.75. The second-order valence-corrected chi connectivity index (χ2v) is 6.79. The molecule has 1 aliphatic heterocycles. The Labute approximate surface area is 163 Å². The number of piperidine rings is 1. The lowest BCUT2D eigenvalue weighted by molar-refractivity contribution is -0.123. The SMILES string of the molecule is COc1ccccc1NC(=O)Nc1ccnn1C1CCN([C@@H](C)C(N)=O)CC1. The number of methoxy groups -OCH3 is 1. The van der Waals surface area contributed by atoms with Crippen molar-refractivity contribution in [3.8, 4) is 5.75 Å². The van der Waals surface area contributed by atoms with Gasteiger partial charge in [0, 0.05) is 19.2 Å². The van der Waals surface area contributed by atoms with Gasteiger partial charge in [0.25, 0.3) is 0 Å². The molecule has 1 aromatic carbocycles. The lowest BCUT2D eigenvalue weighted by atomic mass is 10.0. The molecule has 28 heavy (non-hydrogen) atoms. The summed E-state index contributed by atoms with van der Waals surface area (Å²) in [6, 6.07) is 8.47. The number of amides is 3. The number of nitrogens with two attached hydrogens (primary N) is 1. The minimum Gasteiger partial charge on any atom is -0.495 e. The average Bonchev–Trinajstić information content (AvgIpc) is 3.15. The van der Waals surface area contributed by atoms with E-state index in [9.17, 15) is 9.59 Å². The molecule has 3 amide bonds. The van der Waals surface area contributed by atoms with E-state index in [1.54, 1.807) is 31.5 Å². The van der Waals surface area contributed by atoms with Crippen LogP contribution < -0.4 is 21.1 Å². The maximum absolute atomic E-state index is 12.4. The van der Waals surface area contributed by atoms with Gasteiger partial charge in [0.05, 0.1) is 31.1 Å². The Morgan fingerprint density at radius 2 is 1.93 bits per heavy atom. The number of anilines is 2. The highest BCUT2D eigenvalue weighted by molar-refractivity contribution is 6.00. The van der Waals surface area contributed by atoms with E-state index in [1.165, 1.54) is 0 Å². The molecule has 1 atom stereocenters. The molecule has 2 heterocycles. The van der Waals surface area contributed by atoms with Crippen LogP contribution in [-0.2, 0) is 4.79 Å². The fourth-order valence-corrected chi connectivity index (χ4v) is 3.42. The number of aromatic nitrogens is 2. The van der Waals surface area contributed by atoms with E-state index in [2.05, 4.69) is 20.6 Å². The summed E-state index contributed by atoms with van der Waals surface area (Å²) in [6.07, 6.45) is 3.31. The van der Waals surface area contributed by atoms with Crippen LogP contribution in [0, 0.1) is 0 Å². The van der Waals surface area contributed by atoms with Gasteiger partial charge in [0.15, 0.2) is 0 Å². The zero-order valence-corrected chi connectivity index (χ0v) is 16.1. The predicted molar refractivity (Wildman–Crippen MR) is 106 cm³/mol. The maximum atomic E-state index is 12.4. The number of nitrogens with zero attached hydrogens (tertiary/aromatic N) is 3. The number of hydrogen-bond donors (Lipinski definition) is 3. The van der Waals surface area contributed by atoms with Crippen molar-refractivity contribution in [3.63, 3.8) is 0 Å². The topological polar surface area (TPSA) is 115 Å². The Bertz CT molecular complexity index is 829. The second-order valence-electron chi connectivity index (χ2n) is 6.79. The summed E-state index contributed by atoms with van der Waals surface area (Å²) in [7, 11) is 1.55. The third-order valence-corrected chi connectivity index (χ3v) is 5.07. The Balaban J connectivity index is 1.61. The van der Waals surface area contributed by atoms with Gasteiger partial charge in [-0.1, -0.05) is 12.1 Å². The molecule has 9 heteroatoms. The highest BCUT2D eigenvalue weighted by Gasteiger charge is 2.27. The predicted octanol–water partition coefficient (Wildman–Crippen LogP) is 2.05. The fourth-order valence-electron chi connectivity index (χ4n) is 3.42. The van der Waals surface area contributed by atoms with Crippen molar-refractivity contribution in [3.05, 3.63) is 36.5 Å². The molecule has 1 aromatic heterocycles. The molecule has 1 aliphatic rings. The van der Waals surface area contributed by atoms with E-state index in [4.69, 9.17) is 10.5 Å². The first-order chi connectivity index (χ1) is 13.5. The van der Waals surface area contributed by atoms with Crippen molar-refractivity contribution in [2.24, 2.45) is 5.73 Å². The Morgan fingerprint density at radius 1 is 1.21 bits per heavy atom. The molecule has 0 bridgehead atoms. The van der Waals surface area contributed by atoms with Crippen molar-refractivity contribution in [2.45, 2.75) is 31.8 Å². The summed E-state index contributed by atoms with van der Waals surface area (Å²) in [5.41, 5.74) is 5.98. The van der Waals surface area contributed by atoms with Gasteiger partial charge in [0.1, 0.15) is 11.6 Å². The monoisotopic (exact) mass is 386 g/mol. The standard InChI is InChI=1S/C19H26N6O3/c1-13(18(20)26)24-11-8-14(9-12-24)25-17(7-10-21-25)23-19(27)22-15-5-3-4-6-16(15)28-2/h3-7,10,13-14H,8-9,11-12H2,1-2H3,(H2,20,26)(H2,22,23,27)/t13-/m0/s1. The zero-order chi connectivity index (χ0) is 20.1. The molecule has 150 valence electrons. The van der Waals surface area contributed by atoms with Crippen LogP contribution in [0.25, 0.3) is 0 Å². The zero-order valence-electron chi connectivity index (χ0n) is 16.1. The van der Waals surface area contributed by atoms with Crippen molar-refractivity contribution < 1.29 is 14.3 Å². The largest absolute Gasteiger partial charge is 0.495 e. The number of urea groups is 1. The molecular formula is C19H26N6O3. The summed E-state index contributed by atoms with van der Waals surface area (Å²) in [4.78, 5) is 25.9. The van der Waals surface area contributed by atoms with E-state index in [0.717, 1.165) is 25.9 Å². The van der Waals surface area contributed by atoms with Gasteiger partial charge in [0.2, 0.25) is 5.91 Å². The van der Waals surface area contributed by atoms with Gasteiger partial charge < -0.3 is 15.8 Å². The first kappa shape index (κ1) is 19.7. The smallest absolute Gasteiger partial charge is 0.324 e. The lowest BCUT2D eigenvalue weighted by Gasteiger charge is -2.35. The third kappa shape index (κ3) is 4.42. The van der Waals surface area contributed by atoms with Gasteiger partial charge in [-0.2, -0.15) is 5.10 Å². The van der Waals surface area contributed by atoms with Crippen LogP contribution >= 0.6 is 0 Å². The van der Waals surface area contributed by atoms with E-state index >= 15 is 0 Å². The maximum Gasteiger partial charge on any atom is 0.324 e. The minimum atomic E-state index is -0.369. The number of benzene rings is 1. The third-order valence-electron chi connectivity index (χ3n) is 5.07. The highest BCUT2D eigenvalue weighted by Crippen LogP contribution is 2.27. The minimum absolute atomic E-state index is 0.146. The molecule has 0 radical (unpaired) electrons. The Hall–Kier alpha value is -3.07. The number of primary amides is 1. The van der Waals surface area contributed by atoms with Crippen molar-refractivity contribution in [1.29, 1.82) is 0 Å². The van der Waals surface area contributed by atoms with Gasteiger partial charge in [-0.05, 0) is 31.9 Å². The van der Waals surface area contributed by atoms with Crippen LogP contribution in [0.3, 0.4) is 0 Å². The van der Waals surface area contributed by atoms with Gasteiger partial charge in [-0.25, -0.2) is 9.48 Å². The number of rotatable bonds is 6. The number of hydrogen-bond acceptors (Lipinski definition) is 5. The van der Waals surface area contributed by atoms with Gasteiger partial charge >= 0.3 is 6.03 Å². The molecule has 2 aromatic rings. The number of ether oxygens (including phenoxy) is 1. The Kier molecular flexibility index (Phi) is 6.15. The van der Waals surface area contributed by atoms with Gasteiger partial charge in [-0.3, -0.25) is 15.0 Å². The number of carbonyl (C=O) groups excluding carboxylic acids is 2. The van der Waals surface area contributed by atoms with Crippen molar-refractivity contribution >= 4 is 23.4 Å². The van der Waals surface area contributed by atoms with E-state index in [1.807, 2.05) is 23.7 Å². The number of likely N-dealkylation sites (tertiary alicyclic amines) is 1. The summed E-state index contributed by atoms with van der Waals surface area (Å²) < 4.78 is 7.08. The first-order valence-corrected chi connectivity index (χ1v) is 9.27. The van der Waals surface area contributed by atoms with Crippen LogP contribution in [-0.4, -0.2) is 52.9 Å². The number of nitrogens with one attached hydrogen (secondary N) is 2. The normalized spacial score (nSPS) is 16.4. The van der Waals surface area contributed by atoms with E-state index in [-0.39, 0.29) is 24.0 Å². The number of carbonyl (C=O) groups is 2. The molecule has 1 saturated heterocycles. The molecule has 1 fully saturated rings. The van der Waals surface area contributed by atoms with E-state index in [0.29, 0.717) is 17.3 Å². The lowest BCUT2D eigenvalue weighted by Crippen LogP contribution is -2.46. The van der Waals surface area contributed by atoms with Crippen molar-refractivity contribution in [2.75, 3.05) is 30.8 Å². The average molecular weight is 386 g/mol. The first-order valence-electron chi connectivity index (χ1n) is 9.27. The van der Waals surface area contributed by atoms with Crippen LogP contribution in [0.1, 0.15) is 25.8 Å². The molecule has 0 aliphatic carbocycles. The molecular weight excluding hydrogens is 360 g/mol. The van der Waals surface area contributed by atoms with Crippen LogP contribution in [0.4, 0.5) is 16.3 Å². The summed E-state index contributed by atoms with van der Waals surface area (Å²) in [5.74, 6) is 0.892. The quantitative estimate of drug-likeness (QED) is 0.703.